The molecule has 5 heavy (non-hydrogen) atoms. The Morgan fingerprint density at radius 2 is 1.20 bits per heavy atom. The first kappa shape index (κ1) is 23.5. The summed E-state index contributed by atoms with van der Waals surface area (Å²) in [6, 6.07) is 0. The van der Waals surface area contributed by atoms with Crippen LogP contribution >= 0.6 is 0 Å². The van der Waals surface area contributed by atoms with Gasteiger partial charge in [-0.3, -0.25) is 0 Å². The molecule has 0 aliphatic rings. The maximum absolute atomic E-state index is 3.50. The van der Waals surface area contributed by atoms with E-state index in [4.69, 9.17) is 0 Å². The normalized spacial score (nSPS) is 3.60. The van der Waals surface area contributed by atoms with Gasteiger partial charge in [-0.1, -0.05) is 0 Å². The van der Waals surface area contributed by atoms with Crippen LogP contribution < -0.4 is 0 Å². The van der Waals surface area contributed by atoms with Crippen molar-refractivity contribution in [1.82, 2.24) is 0 Å². The van der Waals surface area contributed by atoms with Gasteiger partial charge in [-0.2, -0.15) is 14.1 Å². The van der Waals surface area contributed by atoms with Gasteiger partial charge in [0, 0.05) is 19.5 Å². The van der Waals surface area contributed by atoms with E-state index in [1.807, 2.05) is 0 Å². The van der Waals surface area contributed by atoms with E-state index in [0.29, 0.717) is 0 Å². The van der Waals surface area contributed by atoms with Crippen molar-refractivity contribution in [3.8, 4) is 0 Å². The van der Waals surface area contributed by atoms with Gasteiger partial charge in [0.05, 0.1) is 0 Å². The Balaban J connectivity index is -0.0000000200. The van der Waals surface area contributed by atoms with Crippen molar-refractivity contribution < 1.29 is 19.5 Å². The molecule has 0 saturated heterocycles. The zero-order chi connectivity index (χ0) is 2.71. The molecule has 0 atom stereocenters. The number of rotatable bonds is 0. The molecule has 3 heteroatoms. The summed E-state index contributed by atoms with van der Waals surface area (Å²) in [5.41, 5.74) is 0. The van der Waals surface area contributed by atoms with Gasteiger partial charge >= 0.3 is 0 Å². The Morgan fingerprint density at radius 1 is 1.20 bits per heavy atom. The van der Waals surface area contributed by atoms with Gasteiger partial charge in [0.1, 0.15) is 0 Å². The molecule has 1 radical (unpaired) electrons. The summed E-state index contributed by atoms with van der Waals surface area (Å²) in [6.45, 7) is 0. The van der Waals surface area contributed by atoms with Crippen molar-refractivity contribution in [3.63, 3.8) is 0 Å². The minimum atomic E-state index is 0. The molecule has 0 unspecified atom stereocenters. The minimum Gasteiger partial charge on any atom is -0.668 e. The number of hydrogen-bond donors (Lipinski definition) is 0. The van der Waals surface area contributed by atoms with Crippen LogP contribution in [0, 0.1) is 0 Å². The van der Waals surface area contributed by atoms with Crippen LogP contribution in [0.15, 0.2) is 0 Å². The first-order valence-corrected chi connectivity index (χ1v) is 0.894. The van der Waals surface area contributed by atoms with Crippen LogP contribution in [0.25, 0.3) is 5.32 Å². The van der Waals surface area contributed by atoms with Crippen molar-refractivity contribution in [2.75, 3.05) is 14.1 Å². The van der Waals surface area contributed by atoms with Crippen LogP contribution in [0.3, 0.4) is 0 Å². The van der Waals surface area contributed by atoms with E-state index in [2.05, 4.69) is 5.32 Å². The molecule has 1 nitrogen and oxygen atoms in total. The molecule has 0 aromatic heterocycles. The van der Waals surface area contributed by atoms with Crippen molar-refractivity contribution in [3.05, 3.63) is 5.32 Å². The fourth-order valence-corrected chi connectivity index (χ4v) is 0. The van der Waals surface area contributed by atoms with E-state index < -0.39 is 0 Å². The molecule has 0 aliphatic heterocycles. The minimum absolute atomic E-state index is 0. The fraction of sp³-hybridized carbons (Fsp3) is 1.00. The zero-order valence-electron chi connectivity index (χ0n) is 3.49. The third-order valence-corrected chi connectivity index (χ3v) is 0. The second kappa shape index (κ2) is 70.3. The fourth-order valence-electron chi connectivity index (χ4n) is 0. The number of nitrogens with zero attached hydrogens (tertiary/aromatic N) is 1. The molecule has 0 aromatic carbocycles. The van der Waals surface area contributed by atoms with Crippen LogP contribution in [-0.4, -0.2) is 14.1 Å². The average molecular weight is 414 g/mol. The molecule has 0 bridgehead atoms. The van der Waals surface area contributed by atoms with Gasteiger partial charge in [0.25, 0.3) is 0 Å². The molecular formula is C2H6NRfRh-. The molecule has 0 heterocycles. The van der Waals surface area contributed by atoms with E-state index in [1.165, 1.54) is 0 Å². The topological polar surface area (TPSA) is 14.1 Å². The monoisotopic (exact) mass is 414 g/mol. The summed E-state index contributed by atoms with van der Waals surface area (Å²) in [4.78, 5) is 0. The molecule has 0 aliphatic carbocycles. The molecule has 0 rings (SSSR count). The van der Waals surface area contributed by atoms with Crippen LogP contribution in [-0.2, 0) is 19.5 Å². The molecule has 0 saturated carbocycles. The Morgan fingerprint density at radius 3 is 1.20 bits per heavy atom. The molecule has 0 fully saturated rings. The first-order valence-electron chi connectivity index (χ1n) is 0.894. The van der Waals surface area contributed by atoms with E-state index in [-0.39, 0.29) is 19.5 Å². The molecule has 0 N–H and O–H groups in total. The summed E-state index contributed by atoms with van der Waals surface area (Å²) in [7, 11) is 3.50. The van der Waals surface area contributed by atoms with E-state index >= 15 is 0 Å². The Labute approximate surface area is 39.5 Å². The van der Waals surface area contributed by atoms with Crippen LogP contribution in [0.5, 0.6) is 0 Å². The van der Waals surface area contributed by atoms with E-state index in [9.17, 15) is 0 Å². The maximum atomic E-state index is 3.50. The molecule has 0 aromatic rings. The van der Waals surface area contributed by atoms with Gasteiger partial charge < -0.3 is 5.32 Å². The van der Waals surface area contributed by atoms with Gasteiger partial charge in [-0.15, -0.1) is 0 Å². The van der Waals surface area contributed by atoms with Crippen molar-refractivity contribution in [1.29, 1.82) is 0 Å². The summed E-state index contributed by atoms with van der Waals surface area (Å²) < 4.78 is 0. The summed E-state index contributed by atoms with van der Waals surface area (Å²) in [6.07, 6.45) is 0. The first-order chi connectivity index (χ1) is 1.41. The second-order valence-electron chi connectivity index (χ2n) is 0.447. The standard InChI is InChI=1S/C2H6N.Rf.Rh/c1-3-2;;/h1-2H3;;/q-1;;. The van der Waals surface area contributed by atoms with Crippen molar-refractivity contribution >= 4 is 0 Å². The average Bonchev–Trinajstić information content (AvgIpc) is 0.918. The van der Waals surface area contributed by atoms with Gasteiger partial charge in [0.15, 0.2) is 0 Å². The largest absolute Gasteiger partial charge is 0.668 e. The predicted molar refractivity (Wildman–Crippen MR) is 15.2 cm³/mol. The van der Waals surface area contributed by atoms with Gasteiger partial charge in [-0.05, 0) is 0 Å². The molecular weight excluding hydrogens is 408 g/mol. The van der Waals surface area contributed by atoms with E-state index in [1.54, 1.807) is 14.1 Å². The predicted octanol–water partition coefficient (Wildman–Crippen LogP) is 0.617. The second-order valence-corrected chi connectivity index (χ2v) is 0.447. The Hall–Kier alpha value is -0.417. The van der Waals surface area contributed by atoms with E-state index in [0.717, 1.165) is 0 Å². The van der Waals surface area contributed by atoms with Crippen molar-refractivity contribution in [2.45, 2.75) is 0 Å². The Bertz CT molecular complexity index is 9.61. The zero-order valence-corrected chi connectivity index (χ0v) is 11.5. The number of hydrogen-bond acceptors (Lipinski definition) is 0. The Kier molecular flexibility index (Phi) is 330. The van der Waals surface area contributed by atoms with Crippen molar-refractivity contribution in [2.24, 2.45) is 0 Å². The summed E-state index contributed by atoms with van der Waals surface area (Å²) in [5, 5.41) is 3.50. The van der Waals surface area contributed by atoms with Crippen LogP contribution in [0.1, 0.15) is 0 Å². The van der Waals surface area contributed by atoms with Gasteiger partial charge in [0.2, 0.25) is 0 Å². The van der Waals surface area contributed by atoms with Crippen LogP contribution in [0.2, 0.25) is 0 Å². The third-order valence-electron chi connectivity index (χ3n) is 0. The quantitative estimate of drug-likeness (QED) is 0.517. The smallest absolute Gasteiger partial charge is 0 e. The summed E-state index contributed by atoms with van der Waals surface area (Å²) >= 11 is 0. The maximum Gasteiger partial charge on any atom is 0 e. The molecule has 0 spiro atoms. The van der Waals surface area contributed by atoms with Crippen LogP contribution in [0.4, 0.5) is 0 Å². The molecule has 31 valence electrons. The summed E-state index contributed by atoms with van der Waals surface area (Å²) in [5.74, 6) is 0. The molecule has 0 amide bonds. The SMILES string of the molecule is C[N-]C.[Rf].[Rh]. The third kappa shape index (κ3) is 51.8. The van der Waals surface area contributed by atoms with Gasteiger partial charge in [-0.25, -0.2) is 0 Å².